The van der Waals surface area contributed by atoms with Gasteiger partial charge in [-0.15, -0.1) is 0 Å². The molecule has 1 unspecified atom stereocenters. The fraction of sp³-hybridized carbons (Fsp3) is 0.571. The average Bonchev–Trinajstić information content (AvgIpc) is 2.26. The van der Waals surface area contributed by atoms with E-state index in [1.165, 1.54) is 12.0 Å². The van der Waals surface area contributed by atoms with Gasteiger partial charge in [-0.1, -0.05) is 51.1 Å². The molecule has 0 saturated heterocycles. The summed E-state index contributed by atoms with van der Waals surface area (Å²) in [5, 5.41) is 0. The number of hydrogen-bond donors (Lipinski definition) is 0. The molecule has 84 valence electrons. The molecule has 1 rings (SSSR count). The monoisotopic (exact) mass is 205 g/mol. The fourth-order valence-corrected chi connectivity index (χ4v) is 1.91. The van der Waals surface area contributed by atoms with Crippen LogP contribution in [0.25, 0.3) is 0 Å². The lowest BCUT2D eigenvalue weighted by atomic mass is 9.96. The highest BCUT2D eigenvalue weighted by atomic mass is 15.1. The third kappa shape index (κ3) is 3.67. The van der Waals surface area contributed by atoms with E-state index < -0.39 is 0 Å². The Morgan fingerprint density at radius 2 is 1.73 bits per heavy atom. The van der Waals surface area contributed by atoms with Gasteiger partial charge in [0.15, 0.2) is 0 Å². The Kier molecular flexibility index (Phi) is 4.83. The van der Waals surface area contributed by atoms with Crippen LogP contribution in [0, 0.1) is 5.92 Å². The number of rotatable bonds is 5. The Morgan fingerprint density at radius 1 is 1.13 bits per heavy atom. The highest BCUT2D eigenvalue weighted by molar-refractivity contribution is 5.18. The zero-order valence-corrected chi connectivity index (χ0v) is 10.4. The second-order valence-corrected chi connectivity index (χ2v) is 4.63. The van der Waals surface area contributed by atoms with Crippen molar-refractivity contribution in [2.45, 2.75) is 33.2 Å². The third-order valence-corrected chi connectivity index (χ3v) is 2.91. The van der Waals surface area contributed by atoms with E-state index in [0.29, 0.717) is 6.04 Å². The summed E-state index contributed by atoms with van der Waals surface area (Å²) >= 11 is 0. The van der Waals surface area contributed by atoms with E-state index in [0.717, 1.165) is 12.5 Å². The van der Waals surface area contributed by atoms with Crippen molar-refractivity contribution in [2.75, 3.05) is 13.6 Å². The predicted octanol–water partition coefficient (Wildman–Crippen LogP) is 3.73. The van der Waals surface area contributed by atoms with Crippen LogP contribution in [-0.4, -0.2) is 18.5 Å². The summed E-state index contributed by atoms with van der Waals surface area (Å²) in [6, 6.07) is 11.4. The van der Waals surface area contributed by atoms with E-state index in [1.807, 2.05) is 0 Å². The van der Waals surface area contributed by atoms with Crippen LogP contribution in [0.2, 0.25) is 0 Å². The van der Waals surface area contributed by atoms with Crippen LogP contribution in [-0.2, 0) is 0 Å². The van der Waals surface area contributed by atoms with Crippen LogP contribution in [0.3, 0.4) is 0 Å². The van der Waals surface area contributed by atoms with E-state index >= 15 is 0 Å². The average molecular weight is 205 g/mol. The van der Waals surface area contributed by atoms with Crippen LogP contribution >= 0.6 is 0 Å². The molecular weight excluding hydrogens is 182 g/mol. The lowest BCUT2D eigenvalue weighted by Crippen LogP contribution is -2.25. The van der Waals surface area contributed by atoms with Crippen molar-refractivity contribution in [3.63, 3.8) is 0 Å². The molecule has 0 radical (unpaired) electrons. The first-order valence-corrected chi connectivity index (χ1v) is 5.90. The molecule has 0 fully saturated rings. The molecule has 0 heterocycles. The molecule has 1 atom stereocenters. The van der Waals surface area contributed by atoms with Crippen LogP contribution in [0.1, 0.15) is 38.8 Å². The Labute approximate surface area is 94.1 Å². The first-order valence-electron chi connectivity index (χ1n) is 5.90. The van der Waals surface area contributed by atoms with Crippen LogP contribution in [0.4, 0.5) is 0 Å². The van der Waals surface area contributed by atoms with Gasteiger partial charge in [0.2, 0.25) is 0 Å². The van der Waals surface area contributed by atoms with E-state index in [4.69, 9.17) is 0 Å². The van der Waals surface area contributed by atoms with Gasteiger partial charge >= 0.3 is 0 Å². The van der Waals surface area contributed by atoms with Gasteiger partial charge in [-0.2, -0.15) is 0 Å². The minimum Gasteiger partial charge on any atom is -0.300 e. The minimum atomic E-state index is 0.566. The van der Waals surface area contributed by atoms with Gasteiger partial charge in [0.1, 0.15) is 0 Å². The Bertz CT molecular complexity index is 266. The first-order chi connectivity index (χ1) is 7.15. The molecule has 0 amide bonds. The van der Waals surface area contributed by atoms with E-state index in [2.05, 4.69) is 63.1 Å². The van der Waals surface area contributed by atoms with Gasteiger partial charge in [-0.3, -0.25) is 4.90 Å². The van der Waals surface area contributed by atoms with Crippen LogP contribution in [0.5, 0.6) is 0 Å². The molecule has 1 nitrogen and oxygen atoms in total. The normalized spacial score (nSPS) is 13.5. The number of hydrogen-bond acceptors (Lipinski definition) is 1. The molecule has 0 saturated carbocycles. The van der Waals surface area contributed by atoms with Crippen molar-refractivity contribution >= 4 is 0 Å². The van der Waals surface area contributed by atoms with Gasteiger partial charge in [0.05, 0.1) is 0 Å². The molecule has 0 aliphatic carbocycles. The molecule has 1 aromatic rings. The zero-order chi connectivity index (χ0) is 11.3. The highest BCUT2D eigenvalue weighted by Crippen LogP contribution is 2.26. The van der Waals surface area contributed by atoms with Crippen molar-refractivity contribution in [1.29, 1.82) is 0 Å². The minimum absolute atomic E-state index is 0.566. The summed E-state index contributed by atoms with van der Waals surface area (Å²) in [6.07, 6.45) is 1.23. The first kappa shape index (κ1) is 12.3. The van der Waals surface area contributed by atoms with Crippen molar-refractivity contribution in [1.82, 2.24) is 4.90 Å². The highest BCUT2D eigenvalue weighted by Gasteiger charge is 2.16. The van der Waals surface area contributed by atoms with Crippen LogP contribution in [0.15, 0.2) is 30.3 Å². The molecule has 0 aliphatic heterocycles. The molecule has 1 aromatic carbocycles. The van der Waals surface area contributed by atoms with Gasteiger partial charge < -0.3 is 0 Å². The summed E-state index contributed by atoms with van der Waals surface area (Å²) in [6.45, 7) is 7.90. The molecule has 1 heteroatoms. The summed E-state index contributed by atoms with van der Waals surface area (Å²) in [5.74, 6) is 0.740. The molecule has 0 bridgehead atoms. The van der Waals surface area contributed by atoms with Crippen molar-refractivity contribution in [2.24, 2.45) is 5.92 Å². The quantitative estimate of drug-likeness (QED) is 0.708. The molecule has 0 aliphatic rings. The van der Waals surface area contributed by atoms with Crippen molar-refractivity contribution < 1.29 is 0 Å². The van der Waals surface area contributed by atoms with Gasteiger partial charge in [-0.05, 0) is 31.5 Å². The van der Waals surface area contributed by atoms with Crippen LogP contribution < -0.4 is 0 Å². The maximum Gasteiger partial charge on any atom is 0.0347 e. The standard InChI is InChI=1S/C14H23N/c1-5-15(4)14(11-12(2)3)13-9-7-6-8-10-13/h6-10,12,14H,5,11H2,1-4H3. The molecule has 0 aromatic heterocycles. The number of benzene rings is 1. The van der Waals surface area contributed by atoms with Crippen molar-refractivity contribution in [3.05, 3.63) is 35.9 Å². The zero-order valence-electron chi connectivity index (χ0n) is 10.4. The Balaban J connectivity index is 2.81. The smallest absolute Gasteiger partial charge is 0.0347 e. The maximum atomic E-state index is 2.43. The summed E-state index contributed by atoms with van der Waals surface area (Å²) in [7, 11) is 2.21. The van der Waals surface area contributed by atoms with E-state index in [1.54, 1.807) is 0 Å². The van der Waals surface area contributed by atoms with Gasteiger partial charge in [0.25, 0.3) is 0 Å². The van der Waals surface area contributed by atoms with E-state index in [-0.39, 0.29) is 0 Å². The molecule has 0 spiro atoms. The molecular formula is C14H23N. The summed E-state index contributed by atoms with van der Waals surface area (Å²) in [4.78, 5) is 2.43. The number of nitrogens with zero attached hydrogens (tertiary/aromatic N) is 1. The topological polar surface area (TPSA) is 3.24 Å². The third-order valence-electron chi connectivity index (χ3n) is 2.91. The SMILES string of the molecule is CCN(C)C(CC(C)C)c1ccccc1. The van der Waals surface area contributed by atoms with Crippen molar-refractivity contribution in [3.8, 4) is 0 Å². The molecule has 0 N–H and O–H groups in total. The fourth-order valence-electron chi connectivity index (χ4n) is 1.91. The van der Waals surface area contributed by atoms with Gasteiger partial charge in [0, 0.05) is 6.04 Å². The Morgan fingerprint density at radius 3 is 2.20 bits per heavy atom. The van der Waals surface area contributed by atoms with E-state index in [9.17, 15) is 0 Å². The summed E-state index contributed by atoms with van der Waals surface area (Å²) in [5.41, 5.74) is 1.44. The van der Waals surface area contributed by atoms with Gasteiger partial charge in [-0.25, -0.2) is 0 Å². The molecule has 15 heavy (non-hydrogen) atoms. The second-order valence-electron chi connectivity index (χ2n) is 4.63. The second kappa shape index (κ2) is 5.92. The largest absolute Gasteiger partial charge is 0.300 e. The lowest BCUT2D eigenvalue weighted by molar-refractivity contribution is 0.225. The lowest BCUT2D eigenvalue weighted by Gasteiger charge is -2.28. The summed E-state index contributed by atoms with van der Waals surface area (Å²) < 4.78 is 0. The maximum absolute atomic E-state index is 2.43. The Hall–Kier alpha value is -0.820. The predicted molar refractivity (Wildman–Crippen MR) is 66.9 cm³/mol.